The molecule has 0 aromatic heterocycles. The third-order valence-electron chi connectivity index (χ3n) is 11.5. The van der Waals surface area contributed by atoms with Crippen LogP contribution in [0.5, 0.6) is 11.5 Å². The fraction of sp³-hybridized carbons (Fsp3) is 0.872. The standard InChI is InChI=1S/C47H88O3/c1-37(2)17-11-19-39(5)21-13-23-41(7)25-15-27-43(9)31-33-49-46-29-30-47(45(35-46)36-48)50-34-32-44(10)28-16-26-42(8)24-14-22-40(6)20-12-18-38(3)4/h29-30,35,37-44,48H,11-28,31-34,36H2,1-10H3. The lowest BCUT2D eigenvalue weighted by Crippen LogP contribution is -2.07. The summed E-state index contributed by atoms with van der Waals surface area (Å²) in [6.45, 7) is 25.3. The molecule has 0 fully saturated rings. The second-order valence-electron chi connectivity index (χ2n) is 18.2. The molecule has 0 radical (unpaired) electrons. The molecule has 3 heteroatoms. The topological polar surface area (TPSA) is 38.7 Å². The van der Waals surface area contributed by atoms with Gasteiger partial charge < -0.3 is 14.6 Å². The van der Waals surface area contributed by atoms with Crippen LogP contribution in [0.15, 0.2) is 18.2 Å². The molecular weight excluding hydrogens is 613 g/mol. The van der Waals surface area contributed by atoms with Crippen LogP contribution in [0, 0.1) is 47.3 Å². The molecule has 0 aliphatic heterocycles. The minimum absolute atomic E-state index is 0.0255. The maximum atomic E-state index is 10.0. The number of hydrogen-bond acceptors (Lipinski definition) is 3. The van der Waals surface area contributed by atoms with Crippen molar-refractivity contribution in [1.29, 1.82) is 0 Å². The van der Waals surface area contributed by atoms with Gasteiger partial charge in [0.25, 0.3) is 0 Å². The quantitative estimate of drug-likeness (QED) is 0.0793. The van der Waals surface area contributed by atoms with Gasteiger partial charge in [0.15, 0.2) is 0 Å². The minimum Gasteiger partial charge on any atom is -0.494 e. The Labute approximate surface area is 313 Å². The van der Waals surface area contributed by atoms with E-state index in [-0.39, 0.29) is 6.61 Å². The van der Waals surface area contributed by atoms with E-state index in [0.717, 1.165) is 72.0 Å². The molecule has 0 saturated carbocycles. The van der Waals surface area contributed by atoms with Crippen LogP contribution >= 0.6 is 0 Å². The zero-order chi connectivity index (χ0) is 37.1. The molecule has 0 aliphatic rings. The van der Waals surface area contributed by atoms with Crippen LogP contribution in [0.4, 0.5) is 0 Å². The molecule has 0 bridgehead atoms. The second-order valence-corrected chi connectivity index (χ2v) is 18.2. The molecule has 6 atom stereocenters. The fourth-order valence-electron chi connectivity index (χ4n) is 7.53. The number of rotatable bonds is 33. The van der Waals surface area contributed by atoms with E-state index in [1.54, 1.807) is 0 Å². The first-order valence-corrected chi connectivity index (χ1v) is 21.9. The van der Waals surface area contributed by atoms with Crippen molar-refractivity contribution >= 4 is 0 Å². The molecule has 3 nitrogen and oxygen atoms in total. The number of benzene rings is 1. The van der Waals surface area contributed by atoms with E-state index in [0.29, 0.717) is 18.4 Å². The summed E-state index contributed by atoms with van der Waals surface area (Å²) in [5, 5.41) is 10.0. The largest absolute Gasteiger partial charge is 0.494 e. The van der Waals surface area contributed by atoms with Gasteiger partial charge in [-0.25, -0.2) is 0 Å². The van der Waals surface area contributed by atoms with Crippen LogP contribution < -0.4 is 9.47 Å². The van der Waals surface area contributed by atoms with E-state index >= 15 is 0 Å². The molecule has 1 N–H and O–H groups in total. The zero-order valence-corrected chi connectivity index (χ0v) is 35.4. The molecule has 0 heterocycles. The normalized spacial score (nSPS) is 15.6. The van der Waals surface area contributed by atoms with Gasteiger partial charge >= 0.3 is 0 Å². The van der Waals surface area contributed by atoms with Crippen molar-refractivity contribution in [3.63, 3.8) is 0 Å². The first kappa shape index (κ1) is 46.8. The van der Waals surface area contributed by atoms with Crippen molar-refractivity contribution in [3.8, 4) is 11.5 Å². The molecule has 0 saturated heterocycles. The average molecular weight is 701 g/mol. The van der Waals surface area contributed by atoms with Crippen LogP contribution in [0.1, 0.15) is 203 Å². The number of hydrogen-bond donors (Lipinski definition) is 1. The van der Waals surface area contributed by atoms with Crippen LogP contribution in [-0.4, -0.2) is 18.3 Å². The third kappa shape index (κ3) is 25.7. The molecule has 0 spiro atoms. The number of ether oxygens (including phenoxy) is 2. The summed E-state index contributed by atoms with van der Waals surface area (Å²) in [5.74, 6) is 8.10. The Hall–Kier alpha value is -1.22. The molecule has 1 aromatic rings. The van der Waals surface area contributed by atoms with Gasteiger partial charge in [-0.3, -0.25) is 0 Å². The Morgan fingerprint density at radius 1 is 0.420 bits per heavy atom. The highest BCUT2D eigenvalue weighted by atomic mass is 16.5. The van der Waals surface area contributed by atoms with Crippen LogP contribution in [0.2, 0.25) is 0 Å². The van der Waals surface area contributed by atoms with Gasteiger partial charge in [0.2, 0.25) is 0 Å². The maximum absolute atomic E-state index is 10.0. The van der Waals surface area contributed by atoms with E-state index in [1.807, 2.05) is 18.2 Å². The summed E-state index contributed by atoms with van der Waals surface area (Å²) in [7, 11) is 0. The summed E-state index contributed by atoms with van der Waals surface area (Å²) in [4.78, 5) is 0. The Morgan fingerprint density at radius 2 is 0.740 bits per heavy atom. The van der Waals surface area contributed by atoms with E-state index in [1.165, 1.54) is 116 Å². The summed E-state index contributed by atoms with van der Waals surface area (Å²) >= 11 is 0. The molecule has 0 aliphatic carbocycles. The molecule has 1 aromatic carbocycles. The Bertz CT molecular complexity index is 910. The third-order valence-corrected chi connectivity index (χ3v) is 11.5. The van der Waals surface area contributed by atoms with Crippen molar-refractivity contribution < 1.29 is 14.6 Å². The van der Waals surface area contributed by atoms with Gasteiger partial charge in [-0.05, 0) is 78.4 Å². The summed E-state index contributed by atoms with van der Waals surface area (Å²) in [5.41, 5.74) is 0.824. The van der Waals surface area contributed by atoms with Crippen molar-refractivity contribution in [2.45, 2.75) is 204 Å². The Morgan fingerprint density at radius 3 is 1.08 bits per heavy atom. The lowest BCUT2D eigenvalue weighted by atomic mass is 9.91. The highest BCUT2D eigenvalue weighted by Gasteiger charge is 2.12. The molecule has 0 amide bonds. The molecule has 50 heavy (non-hydrogen) atoms. The Kier molecular flexibility index (Phi) is 27.4. The Balaban J connectivity index is 2.18. The first-order valence-electron chi connectivity index (χ1n) is 21.9. The van der Waals surface area contributed by atoms with Gasteiger partial charge in [0.05, 0.1) is 19.8 Å². The lowest BCUT2D eigenvalue weighted by Gasteiger charge is -2.17. The summed E-state index contributed by atoms with van der Waals surface area (Å²) in [6, 6.07) is 5.95. The highest BCUT2D eigenvalue weighted by Crippen LogP contribution is 2.27. The van der Waals surface area contributed by atoms with Crippen molar-refractivity contribution in [2.24, 2.45) is 47.3 Å². The first-order chi connectivity index (χ1) is 23.9. The number of aliphatic hydroxyl groups is 1. The van der Waals surface area contributed by atoms with Gasteiger partial charge in [0.1, 0.15) is 11.5 Å². The fourth-order valence-corrected chi connectivity index (χ4v) is 7.53. The van der Waals surface area contributed by atoms with Crippen molar-refractivity contribution in [2.75, 3.05) is 13.2 Å². The smallest absolute Gasteiger partial charge is 0.125 e. The average Bonchev–Trinajstić information content (AvgIpc) is 3.05. The SMILES string of the molecule is CC(C)CCCC(C)CCCC(C)CCCC(C)CCOc1ccc(OCCC(C)CCCC(C)CCCC(C)CCCC(C)C)c(CO)c1. The van der Waals surface area contributed by atoms with Gasteiger partial charge in [0, 0.05) is 5.56 Å². The molecular formula is C47H88O3. The monoisotopic (exact) mass is 701 g/mol. The number of aliphatic hydroxyl groups excluding tert-OH is 1. The minimum atomic E-state index is -0.0255. The summed E-state index contributed by atoms with van der Waals surface area (Å²) < 4.78 is 12.3. The van der Waals surface area contributed by atoms with E-state index in [2.05, 4.69) is 69.2 Å². The van der Waals surface area contributed by atoms with Crippen LogP contribution in [0.3, 0.4) is 0 Å². The lowest BCUT2D eigenvalue weighted by molar-refractivity contribution is 0.246. The van der Waals surface area contributed by atoms with E-state index in [9.17, 15) is 5.11 Å². The molecule has 1 rings (SSSR count). The van der Waals surface area contributed by atoms with Gasteiger partial charge in [-0.2, -0.15) is 0 Å². The molecule has 294 valence electrons. The zero-order valence-electron chi connectivity index (χ0n) is 35.4. The van der Waals surface area contributed by atoms with E-state index < -0.39 is 0 Å². The predicted octanol–water partition coefficient (Wildman–Crippen LogP) is 14.9. The van der Waals surface area contributed by atoms with Gasteiger partial charge in [-0.15, -0.1) is 0 Å². The summed E-state index contributed by atoms with van der Waals surface area (Å²) in [6.07, 6.45) is 26.7. The second kappa shape index (κ2) is 29.3. The van der Waals surface area contributed by atoms with E-state index in [4.69, 9.17) is 9.47 Å². The van der Waals surface area contributed by atoms with Crippen LogP contribution in [0.25, 0.3) is 0 Å². The molecule has 6 unspecified atom stereocenters. The maximum Gasteiger partial charge on any atom is 0.125 e. The van der Waals surface area contributed by atoms with Crippen molar-refractivity contribution in [1.82, 2.24) is 0 Å². The van der Waals surface area contributed by atoms with Crippen LogP contribution in [-0.2, 0) is 6.61 Å². The van der Waals surface area contributed by atoms with Gasteiger partial charge in [-0.1, -0.05) is 185 Å². The highest BCUT2D eigenvalue weighted by molar-refractivity contribution is 5.39. The predicted molar refractivity (Wildman–Crippen MR) is 220 cm³/mol. The van der Waals surface area contributed by atoms with Crippen molar-refractivity contribution in [3.05, 3.63) is 23.8 Å².